The third kappa shape index (κ3) is 6.67. The van der Waals surface area contributed by atoms with Crippen molar-refractivity contribution < 1.29 is 14.4 Å². The van der Waals surface area contributed by atoms with Crippen LogP contribution in [0.3, 0.4) is 0 Å². The van der Waals surface area contributed by atoms with Gasteiger partial charge in [-0.1, -0.05) is 32.0 Å². The van der Waals surface area contributed by atoms with Crippen molar-refractivity contribution in [1.29, 1.82) is 0 Å². The Balaban J connectivity index is 2.11. The second kappa shape index (κ2) is 11.3. The third-order valence-corrected chi connectivity index (χ3v) is 5.17. The minimum Gasteiger partial charge on any atom is -0.340 e. The van der Waals surface area contributed by atoms with E-state index in [9.17, 15) is 14.4 Å². The monoisotopic (exact) mass is 423 g/mol. The molecule has 2 N–H and O–H groups in total. The second-order valence-corrected chi connectivity index (χ2v) is 8.01. The second-order valence-electron chi connectivity index (χ2n) is 8.01. The van der Waals surface area contributed by atoms with Gasteiger partial charge in [0.05, 0.1) is 0 Å². The molecular weight excluding hydrogens is 390 g/mol. The molecule has 31 heavy (non-hydrogen) atoms. The van der Waals surface area contributed by atoms with Gasteiger partial charge in [0, 0.05) is 29.9 Å². The summed E-state index contributed by atoms with van der Waals surface area (Å²) in [5.41, 5.74) is 2.58. The first kappa shape index (κ1) is 24.1. The molecule has 0 aliphatic carbocycles. The van der Waals surface area contributed by atoms with Gasteiger partial charge in [-0.05, 0) is 69.0 Å². The first-order valence-electron chi connectivity index (χ1n) is 10.8. The van der Waals surface area contributed by atoms with E-state index in [0.717, 1.165) is 5.56 Å². The molecule has 0 fully saturated rings. The molecule has 0 bridgehead atoms. The number of nitrogens with one attached hydrogen (secondary N) is 2. The maximum Gasteiger partial charge on any atom is 0.253 e. The number of carbonyl (C=O) groups is 3. The van der Waals surface area contributed by atoms with Gasteiger partial charge in [0.25, 0.3) is 11.8 Å². The Kier molecular flexibility index (Phi) is 8.79. The lowest BCUT2D eigenvalue weighted by molar-refractivity contribution is -0.118. The average molecular weight is 424 g/mol. The number of aryl methyl sites for hydroxylation is 1. The van der Waals surface area contributed by atoms with Crippen LogP contribution in [0, 0.1) is 12.8 Å². The van der Waals surface area contributed by atoms with E-state index in [2.05, 4.69) is 10.6 Å². The summed E-state index contributed by atoms with van der Waals surface area (Å²) in [5, 5.41) is 5.74. The van der Waals surface area contributed by atoms with Gasteiger partial charge in [0.2, 0.25) is 5.91 Å². The lowest BCUT2D eigenvalue weighted by Gasteiger charge is -2.21. The van der Waals surface area contributed by atoms with Gasteiger partial charge in [0.1, 0.15) is 6.04 Å². The number of nitrogens with zero attached hydrogens (tertiary/aromatic N) is 1. The lowest BCUT2D eigenvalue weighted by atomic mass is 10.0. The Labute approximate surface area is 185 Å². The smallest absolute Gasteiger partial charge is 0.253 e. The maximum atomic E-state index is 12.9. The fourth-order valence-corrected chi connectivity index (χ4v) is 3.39. The summed E-state index contributed by atoms with van der Waals surface area (Å²) in [7, 11) is 0. The zero-order chi connectivity index (χ0) is 23.0. The number of carbonyl (C=O) groups excluding carboxylic acids is 3. The molecule has 2 aromatic carbocycles. The van der Waals surface area contributed by atoms with Crippen molar-refractivity contribution in [2.45, 2.75) is 47.1 Å². The van der Waals surface area contributed by atoms with E-state index in [1.54, 1.807) is 41.3 Å². The van der Waals surface area contributed by atoms with Gasteiger partial charge in [-0.15, -0.1) is 0 Å². The molecule has 0 saturated carbocycles. The number of benzene rings is 2. The molecule has 0 aliphatic heterocycles. The van der Waals surface area contributed by atoms with E-state index in [-0.39, 0.29) is 23.6 Å². The summed E-state index contributed by atoms with van der Waals surface area (Å²) in [6.45, 7) is 11.1. The molecule has 6 heteroatoms. The standard InChI is InChI=1S/C25H33N3O3/c1-6-28(7-2)25(31)19-12-14-20(15-13-19)26-24(30)22(16-17(3)4)27-23(29)21-11-9-8-10-18(21)5/h8-15,17,22H,6-7,16H2,1-5H3,(H,26,30)(H,27,29). The lowest BCUT2D eigenvalue weighted by Crippen LogP contribution is -2.44. The Bertz CT molecular complexity index is 902. The number of hydrogen-bond acceptors (Lipinski definition) is 3. The number of rotatable bonds is 9. The van der Waals surface area contributed by atoms with Gasteiger partial charge in [-0.25, -0.2) is 0 Å². The Hall–Kier alpha value is -3.15. The topological polar surface area (TPSA) is 78.5 Å². The molecule has 1 atom stereocenters. The quantitative estimate of drug-likeness (QED) is 0.633. The Morgan fingerprint density at radius 2 is 1.55 bits per heavy atom. The molecule has 3 amide bonds. The number of hydrogen-bond donors (Lipinski definition) is 2. The maximum absolute atomic E-state index is 12.9. The van der Waals surface area contributed by atoms with Crippen molar-refractivity contribution in [3.8, 4) is 0 Å². The van der Waals surface area contributed by atoms with Gasteiger partial charge in [0.15, 0.2) is 0 Å². The summed E-state index contributed by atoms with van der Waals surface area (Å²) < 4.78 is 0. The summed E-state index contributed by atoms with van der Waals surface area (Å²) in [6.07, 6.45) is 0.516. The van der Waals surface area contributed by atoms with Gasteiger partial charge in [-0.3, -0.25) is 14.4 Å². The van der Waals surface area contributed by atoms with E-state index in [0.29, 0.717) is 36.3 Å². The highest BCUT2D eigenvalue weighted by Crippen LogP contribution is 2.15. The molecule has 0 spiro atoms. The van der Waals surface area contributed by atoms with Crippen molar-refractivity contribution >= 4 is 23.4 Å². The van der Waals surface area contributed by atoms with Crippen LogP contribution in [0.4, 0.5) is 5.69 Å². The number of anilines is 1. The van der Waals surface area contributed by atoms with Crippen LogP contribution in [-0.2, 0) is 4.79 Å². The van der Waals surface area contributed by atoms with Crippen molar-refractivity contribution in [3.05, 3.63) is 65.2 Å². The predicted octanol–water partition coefficient (Wildman–Crippen LogP) is 4.26. The van der Waals surface area contributed by atoms with Gasteiger partial charge < -0.3 is 15.5 Å². The van der Waals surface area contributed by atoms with Crippen LogP contribution in [0.25, 0.3) is 0 Å². The van der Waals surface area contributed by atoms with Crippen molar-refractivity contribution in [2.24, 2.45) is 5.92 Å². The fraction of sp³-hybridized carbons (Fsp3) is 0.400. The normalized spacial score (nSPS) is 11.7. The van der Waals surface area contributed by atoms with E-state index in [1.165, 1.54) is 0 Å². The van der Waals surface area contributed by atoms with Crippen molar-refractivity contribution in [3.63, 3.8) is 0 Å². The molecule has 2 rings (SSSR count). The predicted molar refractivity (Wildman–Crippen MR) is 124 cm³/mol. The molecule has 6 nitrogen and oxygen atoms in total. The summed E-state index contributed by atoms with van der Waals surface area (Å²) in [4.78, 5) is 39.8. The SMILES string of the molecule is CCN(CC)C(=O)c1ccc(NC(=O)C(CC(C)C)NC(=O)c2ccccc2C)cc1. The molecule has 166 valence electrons. The Morgan fingerprint density at radius 3 is 2.10 bits per heavy atom. The molecule has 0 radical (unpaired) electrons. The molecule has 0 aromatic heterocycles. The van der Waals surface area contributed by atoms with Crippen LogP contribution in [-0.4, -0.2) is 41.8 Å². The molecule has 0 saturated heterocycles. The molecule has 2 aromatic rings. The van der Waals surface area contributed by atoms with Crippen LogP contribution in [0.15, 0.2) is 48.5 Å². The highest BCUT2D eigenvalue weighted by molar-refractivity contribution is 6.02. The van der Waals surface area contributed by atoms with Crippen LogP contribution < -0.4 is 10.6 Å². The molecule has 1 unspecified atom stereocenters. The minimum atomic E-state index is -0.663. The van der Waals surface area contributed by atoms with Crippen molar-refractivity contribution in [2.75, 3.05) is 18.4 Å². The molecule has 0 heterocycles. The van der Waals surface area contributed by atoms with E-state index in [1.807, 2.05) is 46.8 Å². The highest BCUT2D eigenvalue weighted by Gasteiger charge is 2.23. The summed E-state index contributed by atoms with van der Waals surface area (Å²) in [5.74, 6) is -0.356. The van der Waals surface area contributed by atoms with E-state index >= 15 is 0 Å². The third-order valence-electron chi connectivity index (χ3n) is 5.17. The summed E-state index contributed by atoms with van der Waals surface area (Å²) in [6, 6.07) is 13.5. The zero-order valence-electron chi connectivity index (χ0n) is 19.1. The van der Waals surface area contributed by atoms with Crippen LogP contribution in [0.1, 0.15) is 60.4 Å². The fourth-order valence-electron chi connectivity index (χ4n) is 3.39. The van der Waals surface area contributed by atoms with Crippen LogP contribution in [0.2, 0.25) is 0 Å². The first-order valence-corrected chi connectivity index (χ1v) is 10.8. The highest BCUT2D eigenvalue weighted by atomic mass is 16.2. The molecule has 0 aliphatic rings. The van der Waals surface area contributed by atoms with E-state index < -0.39 is 6.04 Å². The summed E-state index contributed by atoms with van der Waals surface area (Å²) >= 11 is 0. The Morgan fingerprint density at radius 1 is 0.935 bits per heavy atom. The van der Waals surface area contributed by atoms with E-state index in [4.69, 9.17) is 0 Å². The average Bonchev–Trinajstić information content (AvgIpc) is 2.74. The van der Waals surface area contributed by atoms with Crippen LogP contribution >= 0.6 is 0 Å². The minimum absolute atomic E-state index is 0.0361. The zero-order valence-corrected chi connectivity index (χ0v) is 19.1. The van der Waals surface area contributed by atoms with Crippen molar-refractivity contribution in [1.82, 2.24) is 10.2 Å². The van der Waals surface area contributed by atoms with Crippen LogP contribution in [0.5, 0.6) is 0 Å². The van der Waals surface area contributed by atoms with Gasteiger partial charge >= 0.3 is 0 Å². The first-order chi connectivity index (χ1) is 14.8. The van der Waals surface area contributed by atoms with Gasteiger partial charge in [-0.2, -0.15) is 0 Å². The largest absolute Gasteiger partial charge is 0.340 e. The molecular formula is C25H33N3O3. The number of amides is 3.